The third kappa shape index (κ3) is 2.56. The maximum Gasteiger partial charge on any atom is 0.257 e. The van der Waals surface area contributed by atoms with Crippen LogP contribution in [0.2, 0.25) is 0 Å². The molecule has 0 radical (unpaired) electrons. The van der Waals surface area contributed by atoms with Crippen LogP contribution in [0.25, 0.3) is 0 Å². The minimum absolute atomic E-state index is 0.0831. The van der Waals surface area contributed by atoms with E-state index in [1.165, 1.54) is 0 Å². The number of fused-ring (bicyclic) bond motifs is 1. The fourth-order valence-electron chi connectivity index (χ4n) is 3.23. The Kier molecular flexibility index (Phi) is 3.98. The molecule has 0 saturated carbocycles. The second-order valence-corrected chi connectivity index (χ2v) is 6.48. The molecule has 0 aromatic heterocycles. The second-order valence-electron chi connectivity index (χ2n) is 5.56. The summed E-state index contributed by atoms with van der Waals surface area (Å²) in [6.07, 6.45) is 1.10. The van der Waals surface area contributed by atoms with Gasteiger partial charge in [-0.05, 0) is 49.5 Å². The highest BCUT2D eigenvalue weighted by Crippen LogP contribution is 2.30. The third-order valence-corrected chi connectivity index (χ3v) is 4.88. The zero-order valence-corrected chi connectivity index (χ0v) is 13.1. The van der Waals surface area contributed by atoms with Crippen LogP contribution in [0.4, 0.5) is 0 Å². The van der Waals surface area contributed by atoms with Crippen LogP contribution < -0.4 is 10.1 Å². The number of amides is 1. The Morgan fingerprint density at radius 2 is 2.20 bits per heavy atom. The van der Waals surface area contributed by atoms with E-state index in [9.17, 15) is 4.79 Å². The summed E-state index contributed by atoms with van der Waals surface area (Å²) in [6.45, 7) is 3.84. The van der Waals surface area contributed by atoms with Crippen LogP contribution in [-0.2, 0) is 0 Å². The van der Waals surface area contributed by atoms with Crippen molar-refractivity contribution in [3.63, 3.8) is 0 Å². The van der Waals surface area contributed by atoms with Gasteiger partial charge in [0.1, 0.15) is 5.75 Å². The lowest BCUT2D eigenvalue weighted by atomic mass is 9.88. The highest BCUT2D eigenvalue weighted by atomic mass is 79.9. The monoisotopic (exact) mass is 338 g/mol. The van der Waals surface area contributed by atoms with Gasteiger partial charge in [0.2, 0.25) is 0 Å². The van der Waals surface area contributed by atoms with Gasteiger partial charge in [-0.1, -0.05) is 15.9 Å². The van der Waals surface area contributed by atoms with E-state index in [2.05, 4.69) is 21.2 Å². The summed E-state index contributed by atoms with van der Waals surface area (Å²) in [5.74, 6) is 2.07. The van der Waals surface area contributed by atoms with Crippen molar-refractivity contribution < 1.29 is 9.53 Å². The van der Waals surface area contributed by atoms with E-state index < -0.39 is 0 Å². The topological polar surface area (TPSA) is 41.6 Å². The normalized spacial score (nSPS) is 25.4. The van der Waals surface area contributed by atoms with Gasteiger partial charge in [-0.2, -0.15) is 0 Å². The standard InChI is InChI=1S/C15H19BrN2O2/c1-20-14-6-12(16)2-3-13(14)15(19)18-5-4-10-7-17-8-11(10)9-18/h2-3,6,10-11,17H,4-5,7-9H2,1H3. The summed E-state index contributed by atoms with van der Waals surface area (Å²) >= 11 is 3.41. The number of carbonyl (C=O) groups is 1. The SMILES string of the molecule is COc1cc(Br)ccc1C(=O)N1CCC2CNCC2C1. The van der Waals surface area contributed by atoms with Crippen LogP contribution in [0.1, 0.15) is 16.8 Å². The fraction of sp³-hybridized carbons (Fsp3) is 0.533. The summed E-state index contributed by atoms with van der Waals surface area (Å²) in [7, 11) is 1.60. The number of piperidine rings is 1. The van der Waals surface area contributed by atoms with Crippen LogP contribution in [0.3, 0.4) is 0 Å². The van der Waals surface area contributed by atoms with E-state index in [1.54, 1.807) is 7.11 Å². The predicted octanol–water partition coefficient (Wildman–Crippen LogP) is 2.14. The molecule has 1 N–H and O–H groups in total. The minimum atomic E-state index is 0.0831. The van der Waals surface area contributed by atoms with Gasteiger partial charge in [0.25, 0.3) is 5.91 Å². The number of methoxy groups -OCH3 is 1. The fourth-order valence-corrected chi connectivity index (χ4v) is 3.57. The van der Waals surface area contributed by atoms with Crippen molar-refractivity contribution in [2.24, 2.45) is 11.8 Å². The summed E-state index contributed by atoms with van der Waals surface area (Å²) in [4.78, 5) is 14.7. The quantitative estimate of drug-likeness (QED) is 0.898. The Morgan fingerprint density at radius 1 is 1.40 bits per heavy atom. The Morgan fingerprint density at radius 3 is 3.00 bits per heavy atom. The van der Waals surface area contributed by atoms with E-state index in [4.69, 9.17) is 4.74 Å². The zero-order chi connectivity index (χ0) is 14.1. The first kappa shape index (κ1) is 13.9. The van der Waals surface area contributed by atoms with E-state index in [0.717, 1.165) is 43.0 Å². The van der Waals surface area contributed by atoms with Gasteiger partial charge in [0.15, 0.2) is 0 Å². The Hall–Kier alpha value is -1.07. The number of nitrogens with one attached hydrogen (secondary N) is 1. The van der Waals surface area contributed by atoms with Crippen LogP contribution >= 0.6 is 15.9 Å². The van der Waals surface area contributed by atoms with Crippen LogP contribution in [-0.4, -0.2) is 44.1 Å². The molecule has 1 aromatic rings. The zero-order valence-electron chi connectivity index (χ0n) is 11.6. The van der Waals surface area contributed by atoms with Gasteiger partial charge >= 0.3 is 0 Å². The van der Waals surface area contributed by atoms with Crippen LogP contribution in [0.5, 0.6) is 5.75 Å². The number of ether oxygens (including phenoxy) is 1. The largest absolute Gasteiger partial charge is 0.496 e. The number of nitrogens with zero attached hydrogens (tertiary/aromatic N) is 1. The molecular weight excluding hydrogens is 320 g/mol. The van der Waals surface area contributed by atoms with E-state index in [1.807, 2.05) is 23.1 Å². The minimum Gasteiger partial charge on any atom is -0.496 e. The molecule has 4 nitrogen and oxygen atoms in total. The van der Waals surface area contributed by atoms with Crippen LogP contribution in [0.15, 0.2) is 22.7 Å². The number of hydrogen-bond donors (Lipinski definition) is 1. The molecule has 0 spiro atoms. The average molecular weight is 339 g/mol. The number of carbonyl (C=O) groups excluding carboxylic acids is 1. The molecule has 1 amide bonds. The highest BCUT2D eigenvalue weighted by Gasteiger charge is 2.35. The molecule has 2 aliphatic heterocycles. The van der Waals surface area contributed by atoms with E-state index in [-0.39, 0.29) is 5.91 Å². The number of likely N-dealkylation sites (tertiary alicyclic amines) is 1. The maximum atomic E-state index is 12.7. The van der Waals surface area contributed by atoms with Gasteiger partial charge in [0, 0.05) is 17.6 Å². The summed E-state index contributed by atoms with van der Waals surface area (Å²) in [5, 5.41) is 3.42. The maximum absolute atomic E-state index is 12.7. The van der Waals surface area contributed by atoms with Crippen molar-refractivity contribution in [3.05, 3.63) is 28.2 Å². The second kappa shape index (κ2) is 5.74. The first-order valence-electron chi connectivity index (χ1n) is 7.02. The molecule has 0 aliphatic carbocycles. The molecule has 2 aliphatic rings. The van der Waals surface area contributed by atoms with Crippen LogP contribution in [0, 0.1) is 11.8 Å². The van der Waals surface area contributed by atoms with Gasteiger partial charge in [-0.25, -0.2) is 0 Å². The van der Waals surface area contributed by atoms with Gasteiger partial charge in [-0.3, -0.25) is 4.79 Å². The molecule has 2 unspecified atom stereocenters. The Balaban J connectivity index is 1.79. The van der Waals surface area contributed by atoms with Crippen molar-refractivity contribution in [1.82, 2.24) is 10.2 Å². The number of rotatable bonds is 2. The van der Waals surface area contributed by atoms with Crippen molar-refractivity contribution in [3.8, 4) is 5.75 Å². The van der Waals surface area contributed by atoms with Gasteiger partial charge in [-0.15, -0.1) is 0 Å². The lowest BCUT2D eigenvalue weighted by Crippen LogP contribution is -2.43. The molecule has 3 rings (SSSR count). The molecule has 2 saturated heterocycles. The van der Waals surface area contributed by atoms with Crippen molar-refractivity contribution in [1.29, 1.82) is 0 Å². The number of hydrogen-bond acceptors (Lipinski definition) is 3. The molecule has 0 bridgehead atoms. The van der Waals surface area contributed by atoms with Gasteiger partial charge < -0.3 is 15.0 Å². The third-order valence-electron chi connectivity index (χ3n) is 4.39. The number of halogens is 1. The first-order chi connectivity index (χ1) is 9.69. The lowest BCUT2D eigenvalue weighted by molar-refractivity contribution is 0.0639. The van der Waals surface area contributed by atoms with E-state index in [0.29, 0.717) is 17.2 Å². The van der Waals surface area contributed by atoms with E-state index >= 15 is 0 Å². The summed E-state index contributed by atoms with van der Waals surface area (Å²) in [5.41, 5.74) is 0.653. The molecule has 108 valence electrons. The van der Waals surface area contributed by atoms with Crippen molar-refractivity contribution >= 4 is 21.8 Å². The van der Waals surface area contributed by atoms with Crippen molar-refractivity contribution in [2.75, 3.05) is 33.3 Å². The molecule has 2 fully saturated rings. The van der Waals surface area contributed by atoms with Crippen molar-refractivity contribution in [2.45, 2.75) is 6.42 Å². The number of benzene rings is 1. The molecule has 5 heteroatoms. The molecule has 2 heterocycles. The average Bonchev–Trinajstić information content (AvgIpc) is 2.93. The Bertz CT molecular complexity index is 521. The first-order valence-corrected chi connectivity index (χ1v) is 7.82. The highest BCUT2D eigenvalue weighted by molar-refractivity contribution is 9.10. The van der Waals surface area contributed by atoms with Gasteiger partial charge in [0.05, 0.1) is 12.7 Å². The molecule has 20 heavy (non-hydrogen) atoms. The smallest absolute Gasteiger partial charge is 0.257 e. The predicted molar refractivity (Wildman–Crippen MR) is 81.1 cm³/mol. The lowest BCUT2D eigenvalue weighted by Gasteiger charge is -2.34. The Labute approximate surface area is 127 Å². The molecular formula is C15H19BrN2O2. The summed E-state index contributed by atoms with van der Waals surface area (Å²) in [6, 6.07) is 5.57. The molecule has 1 aromatic carbocycles. The molecule has 2 atom stereocenters. The summed E-state index contributed by atoms with van der Waals surface area (Å²) < 4.78 is 6.26.